The van der Waals surface area contributed by atoms with Crippen LogP contribution in [0.25, 0.3) is 5.69 Å². The fraction of sp³-hybridized carbons (Fsp3) is 0.400. The average Bonchev–Trinajstić information content (AvgIpc) is 3.15. The number of hydrogen-bond donors (Lipinski definition) is 1. The first-order valence-corrected chi connectivity index (χ1v) is 9.27. The number of nitriles is 1. The lowest BCUT2D eigenvalue weighted by Crippen LogP contribution is -2.38. The second kappa shape index (κ2) is 9.11. The van der Waals surface area contributed by atoms with Gasteiger partial charge < -0.3 is 14.6 Å². The molecular formula is C20H21F3N4O2. The predicted molar refractivity (Wildman–Crippen MR) is 99.7 cm³/mol. The highest BCUT2D eigenvalue weighted by Crippen LogP contribution is 2.30. The van der Waals surface area contributed by atoms with Crippen molar-refractivity contribution in [1.29, 1.82) is 5.26 Å². The minimum atomic E-state index is -4.44. The van der Waals surface area contributed by atoms with E-state index in [0.717, 1.165) is 38.2 Å². The topological polar surface area (TPSA) is 70.3 Å². The normalized spacial score (nSPS) is 15.1. The average molecular weight is 406 g/mol. The van der Waals surface area contributed by atoms with Gasteiger partial charge in [-0.15, -0.1) is 0 Å². The molecule has 1 fully saturated rings. The second-order valence-corrected chi connectivity index (χ2v) is 6.67. The van der Waals surface area contributed by atoms with Crippen molar-refractivity contribution in [1.82, 2.24) is 14.8 Å². The van der Waals surface area contributed by atoms with Crippen LogP contribution in [0, 0.1) is 11.3 Å². The van der Waals surface area contributed by atoms with Crippen molar-refractivity contribution in [2.75, 3.05) is 39.4 Å². The molecule has 1 aliphatic rings. The summed E-state index contributed by atoms with van der Waals surface area (Å²) in [6.07, 6.45) is -2.19. The summed E-state index contributed by atoms with van der Waals surface area (Å²) >= 11 is 0. The predicted octanol–water partition coefficient (Wildman–Crippen LogP) is 2.82. The van der Waals surface area contributed by atoms with Crippen LogP contribution in [0.4, 0.5) is 13.2 Å². The van der Waals surface area contributed by atoms with E-state index in [-0.39, 0.29) is 11.3 Å². The Balaban J connectivity index is 1.67. The van der Waals surface area contributed by atoms with Gasteiger partial charge in [0.1, 0.15) is 11.8 Å². The van der Waals surface area contributed by atoms with Crippen molar-refractivity contribution >= 4 is 5.91 Å². The van der Waals surface area contributed by atoms with Crippen molar-refractivity contribution in [3.8, 4) is 11.8 Å². The minimum Gasteiger partial charge on any atom is -0.379 e. The Labute approximate surface area is 166 Å². The molecule has 1 aliphatic heterocycles. The summed E-state index contributed by atoms with van der Waals surface area (Å²) in [5, 5.41) is 12.1. The number of halogens is 3. The number of morpholine rings is 1. The van der Waals surface area contributed by atoms with Crippen LogP contribution in [0.5, 0.6) is 0 Å². The van der Waals surface area contributed by atoms with Crippen LogP contribution >= 0.6 is 0 Å². The lowest BCUT2D eigenvalue weighted by molar-refractivity contribution is -0.137. The number of nitrogens with zero attached hydrogens (tertiary/aromatic N) is 3. The maximum atomic E-state index is 12.8. The van der Waals surface area contributed by atoms with Gasteiger partial charge in [0.25, 0.3) is 5.91 Å². The quantitative estimate of drug-likeness (QED) is 0.749. The number of nitrogens with one attached hydrogen (secondary N) is 1. The number of carbonyl (C=O) groups excluding carboxylic acids is 1. The number of hydrogen-bond acceptors (Lipinski definition) is 4. The van der Waals surface area contributed by atoms with E-state index in [9.17, 15) is 23.2 Å². The van der Waals surface area contributed by atoms with Crippen molar-refractivity contribution in [2.45, 2.75) is 12.6 Å². The highest BCUT2D eigenvalue weighted by Gasteiger charge is 2.30. The van der Waals surface area contributed by atoms with Crippen molar-refractivity contribution in [3.63, 3.8) is 0 Å². The maximum Gasteiger partial charge on any atom is 0.416 e. The van der Waals surface area contributed by atoms with Gasteiger partial charge in [-0.3, -0.25) is 9.69 Å². The van der Waals surface area contributed by atoms with E-state index in [4.69, 9.17) is 4.74 Å². The molecule has 29 heavy (non-hydrogen) atoms. The van der Waals surface area contributed by atoms with Crippen LogP contribution < -0.4 is 5.32 Å². The Morgan fingerprint density at radius 3 is 2.48 bits per heavy atom. The number of carbonyl (C=O) groups is 1. The van der Waals surface area contributed by atoms with Gasteiger partial charge in [-0.2, -0.15) is 18.4 Å². The molecule has 0 saturated carbocycles. The molecule has 1 aromatic carbocycles. The molecule has 1 saturated heterocycles. The number of amides is 1. The Hall–Kier alpha value is -2.83. The Morgan fingerprint density at radius 1 is 1.17 bits per heavy atom. The van der Waals surface area contributed by atoms with E-state index in [1.165, 1.54) is 29.0 Å². The zero-order chi connectivity index (χ0) is 20.9. The van der Waals surface area contributed by atoms with Gasteiger partial charge in [0, 0.05) is 31.5 Å². The van der Waals surface area contributed by atoms with Crippen molar-refractivity contribution < 1.29 is 22.7 Å². The molecule has 0 aliphatic carbocycles. The SMILES string of the molecule is N#Cc1ccn(-c2ccc(C(F)(F)F)cc2)c1C(=O)NCCCN1CCOCC1. The second-order valence-electron chi connectivity index (χ2n) is 6.67. The van der Waals surface area contributed by atoms with Crippen LogP contribution in [0.2, 0.25) is 0 Å². The first-order chi connectivity index (χ1) is 13.9. The number of benzene rings is 1. The number of ether oxygens (including phenoxy) is 1. The zero-order valence-corrected chi connectivity index (χ0v) is 15.7. The minimum absolute atomic E-state index is 0.110. The van der Waals surface area contributed by atoms with E-state index in [2.05, 4.69) is 10.2 Å². The summed E-state index contributed by atoms with van der Waals surface area (Å²) in [6, 6.07) is 7.89. The molecule has 0 unspecified atom stereocenters. The third-order valence-corrected chi connectivity index (χ3v) is 4.74. The smallest absolute Gasteiger partial charge is 0.379 e. The fourth-order valence-corrected chi connectivity index (χ4v) is 3.19. The standard InChI is InChI=1S/C20H21F3N4O2/c21-20(22,23)16-2-4-17(5-3-16)27-9-6-15(14-24)18(27)19(28)25-7-1-8-26-10-12-29-13-11-26/h2-6,9H,1,7-8,10-13H2,(H,25,28). The molecule has 0 radical (unpaired) electrons. The Morgan fingerprint density at radius 2 is 1.86 bits per heavy atom. The van der Waals surface area contributed by atoms with Crippen LogP contribution in [0.15, 0.2) is 36.5 Å². The van der Waals surface area contributed by atoms with E-state index in [0.29, 0.717) is 25.4 Å². The summed E-state index contributed by atoms with van der Waals surface area (Å²) in [5.74, 6) is -0.437. The van der Waals surface area contributed by atoms with Gasteiger partial charge in [-0.1, -0.05) is 0 Å². The molecule has 1 amide bonds. The maximum absolute atomic E-state index is 12.8. The summed E-state index contributed by atoms with van der Waals surface area (Å²) in [7, 11) is 0. The number of rotatable bonds is 6. The van der Waals surface area contributed by atoms with Gasteiger partial charge in [0.2, 0.25) is 0 Å². The van der Waals surface area contributed by atoms with Crippen LogP contribution in [-0.4, -0.2) is 54.8 Å². The largest absolute Gasteiger partial charge is 0.416 e. The molecule has 9 heteroatoms. The van der Waals surface area contributed by atoms with E-state index in [1.807, 2.05) is 6.07 Å². The monoisotopic (exact) mass is 406 g/mol. The third kappa shape index (κ3) is 5.16. The van der Waals surface area contributed by atoms with E-state index >= 15 is 0 Å². The van der Waals surface area contributed by atoms with Gasteiger partial charge in [-0.25, -0.2) is 0 Å². The van der Waals surface area contributed by atoms with E-state index in [1.54, 1.807) is 0 Å². The molecule has 3 rings (SSSR count). The number of aromatic nitrogens is 1. The lowest BCUT2D eigenvalue weighted by Gasteiger charge is -2.26. The van der Waals surface area contributed by atoms with Gasteiger partial charge in [-0.05, 0) is 43.3 Å². The Bertz CT molecular complexity index is 879. The summed E-state index contributed by atoms with van der Waals surface area (Å²) in [5.41, 5.74) is -0.129. The number of alkyl halides is 3. The van der Waals surface area contributed by atoms with Crippen LogP contribution in [0.1, 0.15) is 28.0 Å². The van der Waals surface area contributed by atoms with Crippen molar-refractivity contribution in [3.05, 3.63) is 53.3 Å². The van der Waals surface area contributed by atoms with Gasteiger partial charge in [0.15, 0.2) is 0 Å². The van der Waals surface area contributed by atoms with Crippen LogP contribution in [-0.2, 0) is 10.9 Å². The summed E-state index contributed by atoms with van der Waals surface area (Å²) in [4.78, 5) is 14.9. The molecule has 6 nitrogen and oxygen atoms in total. The molecular weight excluding hydrogens is 385 g/mol. The van der Waals surface area contributed by atoms with Gasteiger partial charge >= 0.3 is 6.18 Å². The summed E-state index contributed by atoms with van der Waals surface area (Å²) < 4.78 is 45.0. The van der Waals surface area contributed by atoms with Crippen molar-refractivity contribution in [2.24, 2.45) is 0 Å². The highest BCUT2D eigenvalue weighted by atomic mass is 19.4. The molecule has 0 spiro atoms. The Kier molecular flexibility index (Phi) is 6.56. The molecule has 0 atom stereocenters. The molecule has 154 valence electrons. The highest BCUT2D eigenvalue weighted by molar-refractivity contribution is 5.95. The lowest BCUT2D eigenvalue weighted by atomic mass is 10.2. The molecule has 2 aromatic rings. The first-order valence-electron chi connectivity index (χ1n) is 9.27. The van der Waals surface area contributed by atoms with E-state index < -0.39 is 17.6 Å². The summed E-state index contributed by atoms with van der Waals surface area (Å²) in [6.45, 7) is 4.40. The van der Waals surface area contributed by atoms with Crippen LogP contribution in [0.3, 0.4) is 0 Å². The molecule has 1 aromatic heterocycles. The molecule has 0 bridgehead atoms. The first kappa shape index (κ1) is 20.9. The zero-order valence-electron chi connectivity index (χ0n) is 15.7. The molecule has 2 heterocycles. The fourth-order valence-electron chi connectivity index (χ4n) is 3.19. The van der Waals surface area contributed by atoms with Gasteiger partial charge in [0.05, 0.1) is 24.3 Å². The molecule has 1 N–H and O–H groups in total. The third-order valence-electron chi connectivity index (χ3n) is 4.74.